The molecule has 8 nitrogen and oxygen atoms in total. The van der Waals surface area contributed by atoms with Crippen LogP contribution in [0.3, 0.4) is 0 Å². The van der Waals surface area contributed by atoms with Gasteiger partial charge in [-0.2, -0.15) is 4.31 Å². The zero-order valence-corrected chi connectivity index (χ0v) is 20.5. The topological polar surface area (TPSA) is 104 Å². The lowest BCUT2D eigenvalue weighted by molar-refractivity contribution is -0.142. The van der Waals surface area contributed by atoms with E-state index in [-0.39, 0.29) is 29.1 Å². The summed E-state index contributed by atoms with van der Waals surface area (Å²) in [5, 5.41) is 9.46. The average Bonchev–Trinajstić information content (AvgIpc) is 2.73. The van der Waals surface area contributed by atoms with Gasteiger partial charge in [0.05, 0.1) is 24.7 Å². The van der Waals surface area contributed by atoms with Gasteiger partial charge in [0.2, 0.25) is 10.0 Å². The van der Waals surface area contributed by atoms with E-state index in [9.17, 15) is 27.5 Å². The number of hydrogen-bond acceptors (Lipinski definition) is 6. The standard InChI is InChI=1S/C22H26ClFN2O6S/c1-11-6-7-16(24)18(12(11)2)13(3)19(21(27)28)26-10-25(4)17-9-14(23)8-15(22(29)32-5)20(17)33(26,30)31/h6-8,13-14,19H,9-10H2,1-5H3,(H,27,28)/t13?,14?,19-/m0/s1. The molecule has 0 saturated carbocycles. The van der Waals surface area contributed by atoms with Crippen molar-refractivity contribution in [2.75, 3.05) is 20.8 Å². The molecule has 1 heterocycles. The van der Waals surface area contributed by atoms with E-state index in [1.807, 2.05) is 0 Å². The van der Waals surface area contributed by atoms with Gasteiger partial charge in [0.15, 0.2) is 0 Å². The van der Waals surface area contributed by atoms with E-state index in [4.69, 9.17) is 16.3 Å². The second kappa shape index (κ2) is 9.08. The predicted molar refractivity (Wildman–Crippen MR) is 120 cm³/mol. The fourth-order valence-electron chi connectivity index (χ4n) is 4.47. The third kappa shape index (κ3) is 4.27. The Morgan fingerprint density at radius 3 is 2.52 bits per heavy atom. The lowest BCUT2D eigenvalue weighted by atomic mass is 9.87. The number of carboxylic acids is 1. The van der Waals surface area contributed by atoms with Crippen LogP contribution in [0.15, 0.2) is 34.4 Å². The van der Waals surface area contributed by atoms with Gasteiger partial charge in [-0.3, -0.25) is 4.79 Å². The van der Waals surface area contributed by atoms with Crippen LogP contribution in [0.2, 0.25) is 0 Å². The molecule has 3 rings (SSSR count). The van der Waals surface area contributed by atoms with Crippen LogP contribution >= 0.6 is 11.6 Å². The Morgan fingerprint density at radius 1 is 1.30 bits per heavy atom. The first-order valence-electron chi connectivity index (χ1n) is 10.2. The van der Waals surface area contributed by atoms with E-state index in [0.717, 1.165) is 17.0 Å². The monoisotopic (exact) mass is 500 g/mol. The number of carbonyl (C=O) groups is 2. The Morgan fingerprint density at radius 2 is 1.94 bits per heavy atom. The van der Waals surface area contributed by atoms with Crippen LogP contribution in [-0.4, -0.2) is 66.9 Å². The number of esters is 1. The lowest BCUT2D eigenvalue weighted by Crippen LogP contribution is -2.55. The van der Waals surface area contributed by atoms with E-state index in [1.165, 1.54) is 19.1 Å². The maximum Gasteiger partial charge on any atom is 0.339 e. The van der Waals surface area contributed by atoms with Gasteiger partial charge in [-0.05, 0) is 36.6 Å². The normalized spacial score (nSPS) is 22.3. The molecule has 0 fully saturated rings. The van der Waals surface area contributed by atoms with Gasteiger partial charge in [0.25, 0.3) is 0 Å². The minimum absolute atomic E-state index is 0.133. The van der Waals surface area contributed by atoms with Crippen molar-refractivity contribution in [3.05, 3.63) is 56.9 Å². The minimum atomic E-state index is -4.48. The number of aliphatic carboxylic acids is 1. The number of benzene rings is 1. The zero-order valence-electron chi connectivity index (χ0n) is 18.9. The molecule has 11 heteroatoms. The van der Waals surface area contributed by atoms with Crippen molar-refractivity contribution in [3.63, 3.8) is 0 Å². The molecule has 3 atom stereocenters. The molecule has 0 spiro atoms. The number of nitrogens with zero attached hydrogens (tertiary/aromatic N) is 2. The highest BCUT2D eigenvalue weighted by Crippen LogP contribution is 2.41. The summed E-state index contributed by atoms with van der Waals surface area (Å²) >= 11 is 6.23. The molecule has 0 radical (unpaired) electrons. The fourth-order valence-corrected chi connectivity index (χ4v) is 6.84. The van der Waals surface area contributed by atoms with E-state index in [0.29, 0.717) is 11.3 Å². The molecule has 2 unspecified atom stereocenters. The molecule has 180 valence electrons. The molecule has 1 aliphatic heterocycles. The van der Waals surface area contributed by atoms with Crippen molar-refractivity contribution >= 4 is 33.6 Å². The number of methoxy groups -OCH3 is 1. The van der Waals surface area contributed by atoms with Gasteiger partial charge in [-0.1, -0.05) is 19.1 Å². The summed E-state index contributed by atoms with van der Waals surface area (Å²) in [4.78, 5) is 26.0. The maximum absolute atomic E-state index is 14.8. The first kappa shape index (κ1) is 25.2. The SMILES string of the molecule is COC(=O)C1=CC(Cl)CC2=C1S(=O)(=O)N([C@H](C(=O)O)C(C)c1c(F)ccc(C)c1C)CN2C. The highest BCUT2D eigenvalue weighted by atomic mass is 35.5. The van der Waals surface area contributed by atoms with Crippen molar-refractivity contribution in [1.29, 1.82) is 0 Å². The van der Waals surface area contributed by atoms with Gasteiger partial charge in [-0.15, -0.1) is 11.6 Å². The number of carbonyl (C=O) groups excluding carboxylic acids is 1. The van der Waals surface area contributed by atoms with Crippen LogP contribution in [0.4, 0.5) is 4.39 Å². The number of carboxylic acid groups (broad SMARTS) is 1. The lowest BCUT2D eigenvalue weighted by Gasteiger charge is -2.43. The van der Waals surface area contributed by atoms with Gasteiger partial charge in [0.1, 0.15) is 16.8 Å². The third-order valence-electron chi connectivity index (χ3n) is 6.25. The smallest absolute Gasteiger partial charge is 0.339 e. The fraction of sp³-hybridized carbons (Fsp3) is 0.455. The second-order valence-electron chi connectivity index (χ2n) is 8.27. The third-order valence-corrected chi connectivity index (χ3v) is 8.46. The Bertz CT molecular complexity index is 1180. The first-order valence-corrected chi connectivity index (χ1v) is 12.1. The number of ether oxygens (including phenoxy) is 1. The van der Waals surface area contributed by atoms with Gasteiger partial charge in [0, 0.05) is 25.1 Å². The van der Waals surface area contributed by atoms with Crippen LogP contribution in [0.1, 0.15) is 36.0 Å². The van der Waals surface area contributed by atoms with Crippen molar-refractivity contribution in [2.24, 2.45) is 0 Å². The minimum Gasteiger partial charge on any atom is -0.480 e. The Hall–Kier alpha value is -2.43. The summed E-state index contributed by atoms with van der Waals surface area (Å²) in [5.74, 6) is -3.97. The quantitative estimate of drug-likeness (QED) is 0.489. The number of allylic oxidation sites excluding steroid dienone is 2. The van der Waals surface area contributed by atoms with Gasteiger partial charge in [-0.25, -0.2) is 17.6 Å². The van der Waals surface area contributed by atoms with Crippen molar-refractivity contribution in [1.82, 2.24) is 9.21 Å². The first-order chi connectivity index (χ1) is 15.3. The summed E-state index contributed by atoms with van der Waals surface area (Å²) in [5.41, 5.74) is 1.48. The largest absolute Gasteiger partial charge is 0.480 e. The molecule has 2 aliphatic rings. The van der Waals surface area contributed by atoms with E-state index >= 15 is 0 Å². The summed E-state index contributed by atoms with van der Waals surface area (Å²) in [6.07, 6.45) is 1.44. The number of halogens is 2. The molecule has 1 aromatic carbocycles. The van der Waals surface area contributed by atoms with Crippen LogP contribution in [0.25, 0.3) is 0 Å². The maximum atomic E-state index is 14.8. The summed E-state index contributed by atoms with van der Waals surface area (Å²) < 4.78 is 47.8. The molecule has 0 aromatic heterocycles. The molecule has 1 N–H and O–H groups in total. The number of hydrogen-bond donors (Lipinski definition) is 1. The Kier molecular flexibility index (Phi) is 6.93. The molecule has 0 bridgehead atoms. The Labute approximate surface area is 197 Å². The predicted octanol–water partition coefficient (Wildman–Crippen LogP) is 2.86. The summed E-state index contributed by atoms with van der Waals surface area (Å²) in [7, 11) is -1.78. The number of aryl methyl sites for hydroxylation is 1. The summed E-state index contributed by atoms with van der Waals surface area (Å²) in [6.45, 7) is 4.62. The zero-order chi connectivity index (χ0) is 24.8. The van der Waals surface area contributed by atoms with E-state index in [2.05, 4.69) is 0 Å². The average molecular weight is 501 g/mol. The molecular formula is C22H26ClFN2O6S. The molecular weight excluding hydrogens is 475 g/mol. The van der Waals surface area contributed by atoms with Crippen LogP contribution in [-0.2, 0) is 24.3 Å². The highest BCUT2D eigenvalue weighted by molar-refractivity contribution is 7.93. The van der Waals surface area contributed by atoms with Crippen molar-refractivity contribution in [2.45, 2.75) is 44.5 Å². The number of sulfonamides is 1. The Balaban J connectivity index is 2.18. The van der Waals surface area contributed by atoms with Crippen LogP contribution in [0, 0.1) is 19.7 Å². The molecule has 1 aromatic rings. The van der Waals surface area contributed by atoms with Gasteiger partial charge < -0.3 is 14.7 Å². The van der Waals surface area contributed by atoms with Gasteiger partial charge >= 0.3 is 11.9 Å². The molecule has 1 aliphatic carbocycles. The molecule has 0 amide bonds. The van der Waals surface area contributed by atoms with Crippen LogP contribution < -0.4 is 0 Å². The highest BCUT2D eigenvalue weighted by Gasteiger charge is 2.49. The number of rotatable bonds is 5. The van der Waals surface area contributed by atoms with E-state index < -0.39 is 45.1 Å². The van der Waals surface area contributed by atoms with E-state index in [1.54, 1.807) is 31.9 Å². The van der Waals surface area contributed by atoms with Crippen molar-refractivity contribution < 1.29 is 32.2 Å². The van der Waals surface area contributed by atoms with Crippen molar-refractivity contribution in [3.8, 4) is 0 Å². The number of alkyl halides is 1. The second-order valence-corrected chi connectivity index (χ2v) is 10.7. The molecule has 0 saturated heterocycles. The summed E-state index contributed by atoms with van der Waals surface area (Å²) in [6, 6.07) is 1.19. The van der Waals surface area contributed by atoms with Crippen LogP contribution in [0.5, 0.6) is 0 Å². The molecule has 33 heavy (non-hydrogen) atoms.